The Morgan fingerprint density at radius 3 is 2.52 bits per heavy atom. The molecule has 0 bridgehead atoms. The second-order valence-electron chi connectivity index (χ2n) is 5.05. The van der Waals surface area contributed by atoms with Gasteiger partial charge >= 0.3 is 0 Å². The number of hydrogen-bond donors (Lipinski definition) is 1. The Labute approximate surface area is 137 Å². The molecule has 116 valence electrons. The fraction of sp³-hybridized carbons (Fsp3) is 0.462. The van der Waals surface area contributed by atoms with Gasteiger partial charge in [0.05, 0.1) is 11.3 Å². The van der Waals surface area contributed by atoms with Crippen molar-refractivity contribution >= 4 is 49.1 Å². The maximum atomic E-state index is 12.2. The molecule has 1 fully saturated rings. The number of sulfonamides is 1. The number of nitrogens with one attached hydrogen (secondary N) is 1. The Bertz CT molecular complexity index is 643. The average Bonchev–Trinajstić information content (AvgIpc) is 2.42. The molecule has 0 unspecified atom stereocenters. The number of anilines is 1. The minimum atomic E-state index is -3.17. The van der Waals surface area contributed by atoms with Crippen LogP contribution in [0.3, 0.4) is 0 Å². The zero-order valence-electron chi connectivity index (χ0n) is 11.5. The van der Waals surface area contributed by atoms with Crippen LogP contribution in [-0.2, 0) is 14.8 Å². The molecule has 1 aliphatic rings. The van der Waals surface area contributed by atoms with E-state index in [1.165, 1.54) is 10.6 Å². The van der Waals surface area contributed by atoms with Crippen molar-refractivity contribution in [2.24, 2.45) is 5.92 Å². The first-order valence-electron chi connectivity index (χ1n) is 6.48. The number of hydrogen-bond acceptors (Lipinski definition) is 3. The van der Waals surface area contributed by atoms with Gasteiger partial charge in [0.1, 0.15) is 0 Å². The first-order valence-corrected chi connectivity index (χ1v) is 9.50. The monoisotopic (exact) mass is 394 g/mol. The van der Waals surface area contributed by atoms with Crippen molar-refractivity contribution in [2.45, 2.75) is 12.8 Å². The van der Waals surface area contributed by atoms with E-state index in [1.54, 1.807) is 18.2 Å². The highest BCUT2D eigenvalue weighted by molar-refractivity contribution is 9.10. The lowest BCUT2D eigenvalue weighted by molar-refractivity contribution is -0.120. The third-order valence-corrected chi connectivity index (χ3v) is 6.02. The molecule has 0 saturated carbocycles. The minimum Gasteiger partial charge on any atom is -0.326 e. The van der Waals surface area contributed by atoms with E-state index in [4.69, 9.17) is 11.6 Å². The molecule has 5 nitrogen and oxygen atoms in total. The Hall–Kier alpha value is -0.630. The highest BCUT2D eigenvalue weighted by atomic mass is 79.9. The first-order chi connectivity index (χ1) is 9.77. The van der Waals surface area contributed by atoms with Gasteiger partial charge in [-0.1, -0.05) is 11.6 Å². The molecule has 0 aliphatic carbocycles. The molecule has 0 radical (unpaired) electrons. The lowest BCUT2D eigenvalue weighted by atomic mass is 9.97. The van der Waals surface area contributed by atoms with Gasteiger partial charge in [-0.05, 0) is 47.0 Å². The molecule has 1 aromatic carbocycles. The lowest BCUT2D eigenvalue weighted by Gasteiger charge is -2.29. The minimum absolute atomic E-state index is 0.0958. The van der Waals surface area contributed by atoms with Gasteiger partial charge in [0, 0.05) is 29.2 Å². The predicted octanol–water partition coefficient (Wildman–Crippen LogP) is 2.71. The summed E-state index contributed by atoms with van der Waals surface area (Å²) < 4.78 is 25.0. The molecule has 1 aromatic rings. The summed E-state index contributed by atoms with van der Waals surface area (Å²) in [5.74, 6) is -0.271. The van der Waals surface area contributed by atoms with Crippen LogP contribution in [0, 0.1) is 5.92 Å². The Morgan fingerprint density at radius 2 is 2.00 bits per heavy atom. The van der Waals surface area contributed by atoms with Gasteiger partial charge in [-0.3, -0.25) is 4.79 Å². The number of rotatable bonds is 3. The molecule has 2 rings (SSSR count). The zero-order chi connectivity index (χ0) is 15.6. The number of piperidine rings is 1. The number of carbonyl (C=O) groups is 1. The third kappa shape index (κ3) is 4.42. The van der Waals surface area contributed by atoms with E-state index in [-0.39, 0.29) is 11.8 Å². The van der Waals surface area contributed by atoms with Crippen molar-refractivity contribution < 1.29 is 13.2 Å². The number of carbonyl (C=O) groups excluding carboxylic acids is 1. The summed E-state index contributed by atoms with van der Waals surface area (Å²) in [4.78, 5) is 12.2. The van der Waals surface area contributed by atoms with Gasteiger partial charge in [-0.25, -0.2) is 12.7 Å². The predicted molar refractivity (Wildman–Crippen MR) is 86.9 cm³/mol. The first kappa shape index (κ1) is 16.7. The smallest absolute Gasteiger partial charge is 0.227 e. The normalized spacial score (nSPS) is 17.7. The average molecular weight is 396 g/mol. The quantitative estimate of drug-likeness (QED) is 0.856. The van der Waals surface area contributed by atoms with Crippen molar-refractivity contribution in [1.82, 2.24) is 4.31 Å². The third-order valence-electron chi connectivity index (χ3n) is 3.48. The van der Waals surface area contributed by atoms with E-state index in [2.05, 4.69) is 21.2 Å². The molecule has 21 heavy (non-hydrogen) atoms. The lowest BCUT2D eigenvalue weighted by Crippen LogP contribution is -2.40. The summed E-state index contributed by atoms with van der Waals surface area (Å²) in [5.41, 5.74) is 0.638. The van der Waals surface area contributed by atoms with Gasteiger partial charge in [-0.2, -0.15) is 0 Å². The molecule has 1 aliphatic heterocycles. The van der Waals surface area contributed by atoms with Crippen molar-refractivity contribution in [3.8, 4) is 0 Å². The van der Waals surface area contributed by atoms with Gasteiger partial charge in [0.2, 0.25) is 15.9 Å². The fourth-order valence-corrected chi connectivity index (χ4v) is 3.57. The molecule has 1 amide bonds. The maximum Gasteiger partial charge on any atom is 0.227 e. The van der Waals surface area contributed by atoms with Gasteiger partial charge in [0.25, 0.3) is 0 Å². The molecule has 1 saturated heterocycles. The Balaban J connectivity index is 1.95. The van der Waals surface area contributed by atoms with Crippen LogP contribution < -0.4 is 5.32 Å². The summed E-state index contributed by atoms with van der Waals surface area (Å²) in [6, 6.07) is 5.21. The van der Waals surface area contributed by atoms with Gasteiger partial charge in [0.15, 0.2) is 0 Å². The molecule has 1 N–H and O–H groups in total. The largest absolute Gasteiger partial charge is 0.326 e. The van der Waals surface area contributed by atoms with Crippen LogP contribution in [0.5, 0.6) is 0 Å². The van der Waals surface area contributed by atoms with Gasteiger partial charge in [-0.15, -0.1) is 0 Å². The van der Waals surface area contributed by atoms with E-state index in [1.807, 2.05) is 0 Å². The summed E-state index contributed by atoms with van der Waals surface area (Å²) in [5, 5.41) is 3.35. The maximum absolute atomic E-state index is 12.2. The molecule has 0 aromatic heterocycles. The van der Waals surface area contributed by atoms with Crippen LogP contribution >= 0.6 is 27.5 Å². The van der Waals surface area contributed by atoms with E-state index in [9.17, 15) is 13.2 Å². The topological polar surface area (TPSA) is 66.5 Å². The van der Waals surface area contributed by atoms with Crippen molar-refractivity contribution in [3.05, 3.63) is 27.7 Å². The van der Waals surface area contributed by atoms with Crippen molar-refractivity contribution in [3.63, 3.8) is 0 Å². The van der Waals surface area contributed by atoms with Crippen LogP contribution in [0.2, 0.25) is 5.02 Å². The number of halogens is 2. The summed E-state index contributed by atoms with van der Waals surface area (Å²) in [7, 11) is -3.17. The van der Waals surface area contributed by atoms with E-state index in [0.717, 1.165) is 4.47 Å². The Morgan fingerprint density at radius 1 is 1.38 bits per heavy atom. The standard InChI is InChI=1S/C13H16BrClN2O3S/c1-21(19,20)17-6-4-9(5-7-17)13(18)16-10-2-3-11(14)12(15)8-10/h2-3,8-9H,4-7H2,1H3,(H,16,18). The van der Waals surface area contributed by atoms with Crippen molar-refractivity contribution in [2.75, 3.05) is 24.7 Å². The fourth-order valence-electron chi connectivity index (χ4n) is 2.27. The zero-order valence-corrected chi connectivity index (χ0v) is 14.6. The number of benzene rings is 1. The number of nitrogens with zero attached hydrogens (tertiary/aromatic N) is 1. The van der Waals surface area contributed by atoms with Crippen LogP contribution in [0.4, 0.5) is 5.69 Å². The molecular formula is C13H16BrClN2O3S. The molecule has 1 heterocycles. The van der Waals surface area contributed by atoms with Crippen LogP contribution in [-0.4, -0.2) is 38.0 Å². The van der Waals surface area contributed by atoms with Crippen LogP contribution in [0.15, 0.2) is 22.7 Å². The second-order valence-corrected chi connectivity index (χ2v) is 8.30. The summed E-state index contributed by atoms with van der Waals surface area (Å²) in [6.45, 7) is 0.774. The highest BCUT2D eigenvalue weighted by Crippen LogP contribution is 2.27. The SMILES string of the molecule is CS(=O)(=O)N1CCC(C(=O)Nc2ccc(Br)c(Cl)c2)CC1. The summed E-state index contributed by atoms with van der Waals surface area (Å²) in [6.07, 6.45) is 2.25. The molecular weight excluding hydrogens is 380 g/mol. The number of amides is 1. The van der Waals surface area contributed by atoms with Gasteiger partial charge < -0.3 is 5.32 Å². The molecule has 0 spiro atoms. The van der Waals surface area contributed by atoms with E-state index in [0.29, 0.717) is 36.6 Å². The molecule has 0 atom stereocenters. The second kappa shape index (κ2) is 6.64. The van der Waals surface area contributed by atoms with Crippen LogP contribution in [0.1, 0.15) is 12.8 Å². The molecule has 8 heteroatoms. The van der Waals surface area contributed by atoms with E-state index >= 15 is 0 Å². The van der Waals surface area contributed by atoms with E-state index < -0.39 is 10.0 Å². The van der Waals surface area contributed by atoms with Crippen molar-refractivity contribution in [1.29, 1.82) is 0 Å². The van der Waals surface area contributed by atoms with Crippen LogP contribution in [0.25, 0.3) is 0 Å². The Kier molecular flexibility index (Phi) is 5.29. The highest BCUT2D eigenvalue weighted by Gasteiger charge is 2.28. The summed E-state index contributed by atoms with van der Waals surface area (Å²) >= 11 is 9.27.